The summed E-state index contributed by atoms with van der Waals surface area (Å²) in [6.45, 7) is 1.65. The summed E-state index contributed by atoms with van der Waals surface area (Å²) in [5.74, 6) is -0.856. The van der Waals surface area contributed by atoms with E-state index < -0.39 is 11.3 Å². The molecule has 0 aliphatic heterocycles. The van der Waals surface area contributed by atoms with Gasteiger partial charge in [0.1, 0.15) is 0 Å². The second-order valence-electron chi connectivity index (χ2n) is 4.80. The summed E-state index contributed by atoms with van der Waals surface area (Å²) in [5, 5.41) is 8.15. The topological polar surface area (TPSA) is 54.4 Å². The molecule has 0 saturated heterocycles. The highest BCUT2D eigenvalue weighted by Crippen LogP contribution is 2.33. The highest BCUT2D eigenvalue weighted by Gasteiger charge is 2.14. The maximum Gasteiger partial charge on any atom is 0.307 e. The van der Waals surface area contributed by atoms with Crippen LogP contribution in [0.1, 0.15) is 12.5 Å². The molecule has 2 aromatic rings. The van der Waals surface area contributed by atoms with Gasteiger partial charge in [0, 0.05) is 4.90 Å². The summed E-state index contributed by atoms with van der Waals surface area (Å²) in [7, 11) is 0. The number of carbonyl (C=O) groups is 2. The molecule has 0 fully saturated rings. The molecular formula is C17H15ClO3S. The minimum absolute atomic E-state index is 0.00107. The molecule has 0 aliphatic rings. The molecule has 114 valence electrons. The zero-order valence-corrected chi connectivity index (χ0v) is 13.5. The van der Waals surface area contributed by atoms with E-state index >= 15 is 0 Å². The Morgan fingerprint density at radius 1 is 1.14 bits per heavy atom. The molecule has 1 atom stereocenters. The number of carbonyl (C=O) groups excluding carboxylic acids is 1. The van der Waals surface area contributed by atoms with Gasteiger partial charge in [-0.05, 0) is 41.4 Å². The Balaban J connectivity index is 2.28. The third kappa shape index (κ3) is 4.36. The molecule has 3 nitrogen and oxygen atoms in total. The largest absolute Gasteiger partial charge is 0.481 e. The van der Waals surface area contributed by atoms with Gasteiger partial charge in [0.15, 0.2) is 0 Å². The number of halogens is 1. The van der Waals surface area contributed by atoms with E-state index in [2.05, 4.69) is 0 Å². The smallest absolute Gasteiger partial charge is 0.307 e. The Morgan fingerprint density at radius 2 is 1.77 bits per heavy atom. The molecule has 0 radical (unpaired) electrons. The molecule has 0 bridgehead atoms. The Labute approximate surface area is 138 Å². The van der Waals surface area contributed by atoms with Crippen LogP contribution in [0.4, 0.5) is 0 Å². The molecule has 0 amide bonds. The average Bonchev–Trinajstić information content (AvgIpc) is 2.48. The second-order valence-corrected chi connectivity index (χ2v) is 6.50. The van der Waals surface area contributed by atoms with Crippen molar-refractivity contribution >= 4 is 34.4 Å². The summed E-state index contributed by atoms with van der Waals surface area (Å²) in [6.07, 6.45) is -0.00107. The number of carboxylic acids is 1. The first-order valence-corrected chi connectivity index (χ1v) is 7.98. The van der Waals surface area contributed by atoms with Crippen molar-refractivity contribution in [3.8, 4) is 11.1 Å². The summed E-state index contributed by atoms with van der Waals surface area (Å²) >= 11 is 6.94. The van der Waals surface area contributed by atoms with Crippen LogP contribution in [0.15, 0.2) is 53.4 Å². The molecule has 1 unspecified atom stereocenters. The van der Waals surface area contributed by atoms with Crippen molar-refractivity contribution < 1.29 is 14.7 Å². The lowest BCUT2D eigenvalue weighted by Gasteiger charge is -2.10. The van der Waals surface area contributed by atoms with Crippen molar-refractivity contribution in [2.45, 2.75) is 23.6 Å². The first-order valence-electron chi connectivity index (χ1n) is 6.73. The van der Waals surface area contributed by atoms with E-state index in [4.69, 9.17) is 16.7 Å². The number of thioether (sulfide) groups is 1. The van der Waals surface area contributed by atoms with Crippen molar-refractivity contribution in [1.82, 2.24) is 0 Å². The van der Waals surface area contributed by atoms with Crippen molar-refractivity contribution in [1.29, 1.82) is 0 Å². The molecule has 0 spiro atoms. The summed E-state index contributed by atoms with van der Waals surface area (Å²) in [6, 6.07) is 14.9. The first kappa shape index (κ1) is 16.6. The number of alkyl halides is 1. The van der Waals surface area contributed by atoms with Crippen LogP contribution in [0.25, 0.3) is 11.1 Å². The first-order chi connectivity index (χ1) is 10.5. The predicted octanol–water partition coefficient (Wildman–Crippen LogP) is 4.23. The minimum Gasteiger partial charge on any atom is -0.481 e. The van der Waals surface area contributed by atoms with Crippen LogP contribution in [0, 0.1) is 0 Å². The van der Waals surface area contributed by atoms with Gasteiger partial charge in [-0.3, -0.25) is 9.59 Å². The molecule has 0 aliphatic carbocycles. The van der Waals surface area contributed by atoms with Gasteiger partial charge in [-0.15, -0.1) is 11.6 Å². The van der Waals surface area contributed by atoms with E-state index in [-0.39, 0.29) is 11.5 Å². The lowest BCUT2D eigenvalue weighted by Crippen LogP contribution is -2.04. The van der Waals surface area contributed by atoms with Gasteiger partial charge >= 0.3 is 5.97 Å². The van der Waals surface area contributed by atoms with E-state index in [9.17, 15) is 9.59 Å². The lowest BCUT2D eigenvalue weighted by atomic mass is 10.0. The predicted molar refractivity (Wildman–Crippen MR) is 89.4 cm³/mol. The lowest BCUT2D eigenvalue weighted by molar-refractivity contribution is -0.136. The van der Waals surface area contributed by atoms with Crippen molar-refractivity contribution in [2.24, 2.45) is 0 Å². The van der Waals surface area contributed by atoms with Crippen LogP contribution in [0.3, 0.4) is 0 Å². The molecule has 0 heterocycles. The number of hydrogen-bond donors (Lipinski definition) is 1. The maximum atomic E-state index is 11.8. The van der Waals surface area contributed by atoms with E-state index in [0.717, 1.165) is 33.3 Å². The highest BCUT2D eigenvalue weighted by molar-refractivity contribution is 8.14. The third-order valence-corrected chi connectivity index (χ3v) is 4.50. The number of hydrogen-bond acceptors (Lipinski definition) is 3. The van der Waals surface area contributed by atoms with Crippen LogP contribution < -0.4 is 0 Å². The van der Waals surface area contributed by atoms with Crippen LogP contribution >= 0.6 is 23.4 Å². The Kier molecular flexibility index (Phi) is 5.63. The van der Waals surface area contributed by atoms with Crippen LogP contribution in [-0.4, -0.2) is 21.6 Å². The van der Waals surface area contributed by atoms with Gasteiger partial charge in [-0.25, -0.2) is 0 Å². The molecule has 5 heteroatoms. The fourth-order valence-electron chi connectivity index (χ4n) is 1.96. The standard InChI is InChI=1S/C17H15ClO3S/c1-11(18)17(21)22-15-5-3-2-4-14(15)13-8-6-12(7-9-13)10-16(19)20/h2-9,11H,10H2,1H3,(H,19,20). The van der Waals surface area contributed by atoms with Crippen LogP contribution in [-0.2, 0) is 16.0 Å². The molecule has 0 aromatic heterocycles. The number of benzene rings is 2. The molecular weight excluding hydrogens is 320 g/mol. The van der Waals surface area contributed by atoms with Crippen molar-refractivity contribution in [3.63, 3.8) is 0 Å². The van der Waals surface area contributed by atoms with Gasteiger partial charge in [0.2, 0.25) is 5.12 Å². The SMILES string of the molecule is CC(Cl)C(=O)Sc1ccccc1-c1ccc(CC(=O)O)cc1. The monoisotopic (exact) mass is 334 g/mol. The van der Waals surface area contributed by atoms with Crippen LogP contribution in [0.5, 0.6) is 0 Å². The highest BCUT2D eigenvalue weighted by atomic mass is 35.5. The zero-order chi connectivity index (χ0) is 16.1. The molecule has 0 saturated carbocycles. The van der Waals surface area contributed by atoms with Crippen molar-refractivity contribution in [3.05, 3.63) is 54.1 Å². The number of carboxylic acid groups (broad SMARTS) is 1. The third-order valence-electron chi connectivity index (χ3n) is 3.04. The van der Waals surface area contributed by atoms with Crippen molar-refractivity contribution in [2.75, 3.05) is 0 Å². The van der Waals surface area contributed by atoms with Crippen LogP contribution in [0.2, 0.25) is 0 Å². The fourth-order valence-corrected chi connectivity index (χ4v) is 2.92. The Morgan fingerprint density at radius 3 is 2.36 bits per heavy atom. The number of aliphatic carboxylic acids is 1. The van der Waals surface area contributed by atoms with E-state index in [1.807, 2.05) is 36.4 Å². The van der Waals surface area contributed by atoms with E-state index in [1.54, 1.807) is 19.1 Å². The fraction of sp³-hybridized carbons (Fsp3) is 0.176. The maximum absolute atomic E-state index is 11.8. The van der Waals surface area contributed by atoms with Gasteiger partial charge in [-0.1, -0.05) is 42.5 Å². The zero-order valence-electron chi connectivity index (χ0n) is 12.0. The summed E-state index contributed by atoms with van der Waals surface area (Å²) in [4.78, 5) is 23.4. The quantitative estimate of drug-likeness (QED) is 0.656. The van der Waals surface area contributed by atoms with Gasteiger partial charge in [-0.2, -0.15) is 0 Å². The molecule has 2 aromatic carbocycles. The van der Waals surface area contributed by atoms with Gasteiger partial charge < -0.3 is 5.11 Å². The molecule has 2 rings (SSSR count). The Bertz CT molecular complexity index is 681. The molecule has 22 heavy (non-hydrogen) atoms. The van der Waals surface area contributed by atoms with E-state index in [0.29, 0.717) is 0 Å². The summed E-state index contributed by atoms with van der Waals surface area (Å²) < 4.78 is 0. The number of rotatable bonds is 5. The molecule has 1 N–H and O–H groups in total. The van der Waals surface area contributed by atoms with Gasteiger partial charge in [0.05, 0.1) is 11.8 Å². The average molecular weight is 335 g/mol. The minimum atomic E-state index is -0.856. The normalized spacial score (nSPS) is 11.9. The summed E-state index contributed by atoms with van der Waals surface area (Å²) in [5.41, 5.74) is 2.61. The Hall–Kier alpha value is -1.78. The van der Waals surface area contributed by atoms with Gasteiger partial charge in [0.25, 0.3) is 0 Å². The van der Waals surface area contributed by atoms with E-state index in [1.165, 1.54) is 0 Å². The second kappa shape index (κ2) is 7.47.